The third kappa shape index (κ3) is 3.60. The lowest BCUT2D eigenvalue weighted by atomic mass is 10.1. The standard InChI is InChI=1S/C18H15ClO4/c1-10(2)17(20)22-15-7-5-6-13-12(15)8-9-14(19)16(13)23-18(21)11(3)4/h5-9H,1,3H2,2,4H3. The Morgan fingerprint density at radius 1 is 0.913 bits per heavy atom. The first-order valence-electron chi connectivity index (χ1n) is 6.78. The van der Waals surface area contributed by atoms with E-state index in [0.29, 0.717) is 16.5 Å². The van der Waals surface area contributed by atoms with Gasteiger partial charge >= 0.3 is 11.9 Å². The highest BCUT2D eigenvalue weighted by molar-refractivity contribution is 6.33. The molecule has 23 heavy (non-hydrogen) atoms. The topological polar surface area (TPSA) is 52.6 Å². The van der Waals surface area contributed by atoms with Gasteiger partial charge in [-0.05, 0) is 32.0 Å². The second-order valence-corrected chi connectivity index (χ2v) is 5.47. The van der Waals surface area contributed by atoms with E-state index in [4.69, 9.17) is 21.1 Å². The lowest BCUT2D eigenvalue weighted by Gasteiger charge is -2.12. The van der Waals surface area contributed by atoms with Crippen LogP contribution in [0.15, 0.2) is 54.6 Å². The highest BCUT2D eigenvalue weighted by Crippen LogP contribution is 2.38. The Morgan fingerprint density at radius 2 is 1.52 bits per heavy atom. The Kier molecular flexibility index (Phi) is 4.86. The van der Waals surface area contributed by atoms with Crippen molar-refractivity contribution in [3.8, 4) is 11.5 Å². The van der Waals surface area contributed by atoms with Crippen LogP contribution >= 0.6 is 11.6 Å². The van der Waals surface area contributed by atoms with E-state index < -0.39 is 11.9 Å². The van der Waals surface area contributed by atoms with Gasteiger partial charge in [-0.2, -0.15) is 0 Å². The van der Waals surface area contributed by atoms with Crippen LogP contribution in [0, 0.1) is 0 Å². The maximum absolute atomic E-state index is 11.8. The van der Waals surface area contributed by atoms with Crippen molar-refractivity contribution in [2.45, 2.75) is 13.8 Å². The summed E-state index contributed by atoms with van der Waals surface area (Å²) in [5, 5.41) is 1.42. The molecule has 0 aromatic heterocycles. The van der Waals surface area contributed by atoms with E-state index in [2.05, 4.69) is 13.2 Å². The molecule has 0 saturated carbocycles. The maximum atomic E-state index is 11.8. The predicted octanol–water partition coefficient (Wildman–Crippen LogP) is 4.46. The van der Waals surface area contributed by atoms with Crippen molar-refractivity contribution in [2.75, 3.05) is 0 Å². The summed E-state index contributed by atoms with van der Waals surface area (Å²) < 4.78 is 10.6. The molecule has 0 aliphatic carbocycles. The summed E-state index contributed by atoms with van der Waals surface area (Å²) in [6.45, 7) is 10.2. The van der Waals surface area contributed by atoms with E-state index in [9.17, 15) is 9.59 Å². The van der Waals surface area contributed by atoms with Gasteiger partial charge in [-0.1, -0.05) is 36.9 Å². The quantitative estimate of drug-likeness (QED) is 0.472. The minimum absolute atomic E-state index is 0.199. The van der Waals surface area contributed by atoms with Gasteiger partial charge in [0.2, 0.25) is 0 Å². The zero-order valence-corrected chi connectivity index (χ0v) is 13.6. The van der Waals surface area contributed by atoms with Crippen molar-refractivity contribution in [1.82, 2.24) is 0 Å². The second-order valence-electron chi connectivity index (χ2n) is 5.07. The van der Waals surface area contributed by atoms with Crippen molar-refractivity contribution in [3.63, 3.8) is 0 Å². The molecule has 0 heterocycles. The fourth-order valence-corrected chi connectivity index (χ4v) is 2.04. The molecule has 0 radical (unpaired) electrons. The molecule has 0 fully saturated rings. The van der Waals surface area contributed by atoms with E-state index >= 15 is 0 Å². The Morgan fingerprint density at radius 3 is 2.13 bits per heavy atom. The molecule has 4 nitrogen and oxygen atoms in total. The Labute approximate surface area is 139 Å². The first-order valence-corrected chi connectivity index (χ1v) is 7.15. The summed E-state index contributed by atoms with van der Waals surface area (Å²) >= 11 is 6.13. The van der Waals surface area contributed by atoms with Gasteiger partial charge < -0.3 is 9.47 Å². The van der Waals surface area contributed by atoms with Crippen molar-refractivity contribution in [3.05, 3.63) is 59.7 Å². The highest BCUT2D eigenvalue weighted by Gasteiger charge is 2.16. The van der Waals surface area contributed by atoms with Gasteiger partial charge in [0, 0.05) is 21.9 Å². The Balaban J connectivity index is 2.55. The molecular weight excluding hydrogens is 316 g/mol. The van der Waals surface area contributed by atoms with E-state index in [1.165, 1.54) is 0 Å². The number of benzene rings is 2. The van der Waals surface area contributed by atoms with Crippen molar-refractivity contribution in [1.29, 1.82) is 0 Å². The molecule has 0 bridgehead atoms. The lowest BCUT2D eigenvalue weighted by Crippen LogP contribution is -2.10. The third-order valence-electron chi connectivity index (χ3n) is 3.02. The minimum atomic E-state index is -0.580. The molecule has 2 rings (SSSR count). The highest BCUT2D eigenvalue weighted by atomic mass is 35.5. The van der Waals surface area contributed by atoms with Crippen LogP contribution in [-0.2, 0) is 9.59 Å². The van der Waals surface area contributed by atoms with Crippen LogP contribution in [0.1, 0.15) is 13.8 Å². The van der Waals surface area contributed by atoms with Crippen LogP contribution in [-0.4, -0.2) is 11.9 Å². The monoisotopic (exact) mass is 330 g/mol. The molecule has 5 heteroatoms. The van der Waals surface area contributed by atoms with E-state index in [1.807, 2.05) is 0 Å². The van der Waals surface area contributed by atoms with Crippen LogP contribution in [0.5, 0.6) is 11.5 Å². The maximum Gasteiger partial charge on any atom is 0.338 e. The average Bonchev–Trinajstić information content (AvgIpc) is 2.49. The number of ether oxygens (including phenoxy) is 2. The summed E-state index contributed by atoms with van der Waals surface area (Å²) in [4.78, 5) is 23.5. The van der Waals surface area contributed by atoms with Crippen LogP contribution in [0.4, 0.5) is 0 Å². The van der Waals surface area contributed by atoms with Gasteiger partial charge in [0.1, 0.15) is 5.75 Å². The molecule has 0 unspecified atom stereocenters. The largest absolute Gasteiger partial charge is 0.423 e. The van der Waals surface area contributed by atoms with Gasteiger partial charge in [0.05, 0.1) is 5.02 Å². The first-order chi connectivity index (χ1) is 10.8. The molecule has 0 N–H and O–H groups in total. The molecule has 0 spiro atoms. The molecule has 118 valence electrons. The fourth-order valence-electron chi connectivity index (χ4n) is 1.83. The van der Waals surface area contributed by atoms with E-state index in [0.717, 1.165) is 0 Å². The summed E-state index contributed by atoms with van der Waals surface area (Å²) in [6, 6.07) is 8.30. The van der Waals surface area contributed by atoms with Gasteiger partial charge in [0.25, 0.3) is 0 Å². The molecule has 0 aliphatic rings. The SMILES string of the molecule is C=C(C)C(=O)Oc1cccc2c(OC(=O)C(=C)C)c(Cl)ccc12. The summed E-state index contributed by atoms with van der Waals surface area (Å²) in [5.74, 6) is -0.582. The number of esters is 2. The van der Waals surface area contributed by atoms with E-state index in [1.54, 1.807) is 44.2 Å². The van der Waals surface area contributed by atoms with Crippen LogP contribution in [0.3, 0.4) is 0 Å². The van der Waals surface area contributed by atoms with Crippen molar-refractivity contribution in [2.24, 2.45) is 0 Å². The van der Waals surface area contributed by atoms with Crippen LogP contribution in [0.2, 0.25) is 5.02 Å². The second kappa shape index (κ2) is 6.67. The van der Waals surface area contributed by atoms with Crippen LogP contribution in [0.25, 0.3) is 10.8 Å². The fraction of sp³-hybridized carbons (Fsp3) is 0.111. The minimum Gasteiger partial charge on any atom is -0.423 e. The number of carbonyl (C=O) groups excluding carboxylic acids is 2. The molecule has 0 saturated heterocycles. The zero-order valence-electron chi connectivity index (χ0n) is 12.8. The van der Waals surface area contributed by atoms with Crippen molar-refractivity contribution < 1.29 is 19.1 Å². The summed E-state index contributed by atoms with van der Waals surface area (Å²) in [7, 11) is 0. The normalized spacial score (nSPS) is 10.2. The number of fused-ring (bicyclic) bond motifs is 1. The molecule has 0 aliphatic heterocycles. The molecule has 0 amide bonds. The number of rotatable bonds is 4. The van der Waals surface area contributed by atoms with Crippen LogP contribution < -0.4 is 9.47 Å². The van der Waals surface area contributed by atoms with Gasteiger partial charge in [-0.3, -0.25) is 0 Å². The smallest absolute Gasteiger partial charge is 0.338 e. The molecule has 0 atom stereocenters. The van der Waals surface area contributed by atoms with E-state index in [-0.39, 0.29) is 21.9 Å². The molecule has 2 aromatic carbocycles. The van der Waals surface area contributed by atoms with Gasteiger partial charge in [-0.25, -0.2) is 9.59 Å². The Hall–Kier alpha value is -2.59. The number of carbonyl (C=O) groups is 2. The molecule has 2 aromatic rings. The van der Waals surface area contributed by atoms with Gasteiger partial charge in [0.15, 0.2) is 5.75 Å². The molecular formula is C18H15ClO4. The summed E-state index contributed by atoms with van der Waals surface area (Å²) in [5.41, 5.74) is 0.535. The Bertz CT molecular complexity index is 836. The summed E-state index contributed by atoms with van der Waals surface area (Å²) in [6.07, 6.45) is 0. The zero-order chi connectivity index (χ0) is 17.1. The number of halogens is 1. The predicted molar refractivity (Wildman–Crippen MR) is 89.9 cm³/mol. The number of hydrogen-bond acceptors (Lipinski definition) is 4. The number of hydrogen-bond donors (Lipinski definition) is 0. The van der Waals surface area contributed by atoms with Gasteiger partial charge in [-0.15, -0.1) is 0 Å². The first kappa shape index (κ1) is 16.8. The third-order valence-corrected chi connectivity index (χ3v) is 3.32. The lowest BCUT2D eigenvalue weighted by molar-refractivity contribution is -0.130. The average molecular weight is 331 g/mol. The van der Waals surface area contributed by atoms with Crippen molar-refractivity contribution >= 4 is 34.3 Å².